The molecule has 4 nitrogen and oxygen atoms in total. The molecule has 0 aliphatic heterocycles. The van der Waals surface area contributed by atoms with Gasteiger partial charge in [0, 0.05) is 7.05 Å². The zero-order valence-electron chi connectivity index (χ0n) is 8.73. The standard InChI is InChI=1S/C11H11N3OS/c1-12-10-5-4-8(7-13-10)14-11(15)9-3-2-6-16-9/h2-7H,1H3,(H,12,13)(H,14,15). The number of aromatic nitrogens is 1. The maximum absolute atomic E-state index is 11.7. The van der Waals surface area contributed by atoms with Crippen molar-refractivity contribution in [2.45, 2.75) is 0 Å². The Bertz CT molecular complexity index is 464. The molecule has 82 valence electrons. The summed E-state index contributed by atoms with van der Waals surface area (Å²) >= 11 is 1.41. The monoisotopic (exact) mass is 233 g/mol. The first kappa shape index (κ1) is 10.6. The zero-order chi connectivity index (χ0) is 11.4. The van der Waals surface area contributed by atoms with E-state index in [-0.39, 0.29) is 5.91 Å². The predicted molar refractivity (Wildman–Crippen MR) is 66.1 cm³/mol. The summed E-state index contributed by atoms with van der Waals surface area (Å²) in [7, 11) is 1.80. The molecule has 5 heteroatoms. The number of pyridine rings is 1. The van der Waals surface area contributed by atoms with Crippen molar-refractivity contribution in [3.8, 4) is 0 Å². The first-order chi connectivity index (χ1) is 7.79. The van der Waals surface area contributed by atoms with Gasteiger partial charge in [0.25, 0.3) is 5.91 Å². The molecule has 0 fully saturated rings. The van der Waals surface area contributed by atoms with Gasteiger partial charge in [-0.15, -0.1) is 11.3 Å². The van der Waals surface area contributed by atoms with Gasteiger partial charge in [0.15, 0.2) is 0 Å². The van der Waals surface area contributed by atoms with E-state index in [1.165, 1.54) is 11.3 Å². The van der Waals surface area contributed by atoms with Gasteiger partial charge in [-0.25, -0.2) is 4.98 Å². The molecule has 1 amide bonds. The fourth-order valence-corrected chi connectivity index (χ4v) is 1.84. The molecule has 16 heavy (non-hydrogen) atoms. The van der Waals surface area contributed by atoms with Crippen molar-refractivity contribution in [1.29, 1.82) is 0 Å². The number of nitrogens with zero attached hydrogens (tertiary/aromatic N) is 1. The van der Waals surface area contributed by atoms with Gasteiger partial charge in [0.2, 0.25) is 0 Å². The van der Waals surface area contributed by atoms with Crippen LogP contribution in [0.2, 0.25) is 0 Å². The number of nitrogens with one attached hydrogen (secondary N) is 2. The molecule has 2 N–H and O–H groups in total. The number of thiophene rings is 1. The fraction of sp³-hybridized carbons (Fsp3) is 0.0909. The zero-order valence-corrected chi connectivity index (χ0v) is 9.54. The first-order valence-electron chi connectivity index (χ1n) is 4.78. The number of anilines is 2. The van der Waals surface area contributed by atoms with E-state index in [2.05, 4.69) is 15.6 Å². The van der Waals surface area contributed by atoms with E-state index in [1.807, 2.05) is 23.6 Å². The molecule has 2 aromatic rings. The van der Waals surface area contributed by atoms with E-state index in [9.17, 15) is 4.79 Å². The van der Waals surface area contributed by atoms with E-state index in [0.717, 1.165) is 5.82 Å². The van der Waals surface area contributed by atoms with Crippen LogP contribution in [0, 0.1) is 0 Å². The van der Waals surface area contributed by atoms with Crippen LogP contribution >= 0.6 is 11.3 Å². The highest BCUT2D eigenvalue weighted by atomic mass is 32.1. The second kappa shape index (κ2) is 4.76. The summed E-state index contributed by atoms with van der Waals surface area (Å²) in [5, 5.41) is 7.56. The lowest BCUT2D eigenvalue weighted by Gasteiger charge is -2.04. The smallest absolute Gasteiger partial charge is 0.265 e. The summed E-state index contributed by atoms with van der Waals surface area (Å²) in [6, 6.07) is 7.26. The molecule has 0 aromatic carbocycles. The number of hydrogen-bond acceptors (Lipinski definition) is 4. The summed E-state index contributed by atoms with van der Waals surface area (Å²) < 4.78 is 0. The van der Waals surface area contributed by atoms with E-state index in [1.54, 1.807) is 19.3 Å². The van der Waals surface area contributed by atoms with Gasteiger partial charge in [-0.2, -0.15) is 0 Å². The molecule has 0 saturated heterocycles. The number of rotatable bonds is 3. The van der Waals surface area contributed by atoms with E-state index in [0.29, 0.717) is 10.6 Å². The molecule has 0 radical (unpaired) electrons. The molecule has 0 unspecified atom stereocenters. The van der Waals surface area contributed by atoms with Crippen LogP contribution < -0.4 is 10.6 Å². The summed E-state index contributed by atoms with van der Waals surface area (Å²) in [4.78, 5) is 16.5. The Labute approximate surface area is 97.3 Å². The summed E-state index contributed by atoms with van der Waals surface area (Å²) in [6.07, 6.45) is 1.62. The van der Waals surface area contributed by atoms with Crippen molar-refractivity contribution >= 4 is 28.7 Å². The van der Waals surface area contributed by atoms with E-state index in [4.69, 9.17) is 0 Å². The largest absolute Gasteiger partial charge is 0.373 e. The Hall–Kier alpha value is -1.88. The molecule has 0 saturated carbocycles. The minimum Gasteiger partial charge on any atom is -0.373 e. The predicted octanol–water partition coefficient (Wildman–Crippen LogP) is 2.44. The van der Waals surface area contributed by atoms with Gasteiger partial charge in [-0.1, -0.05) is 6.07 Å². The van der Waals surface area contributed by atoms with Crippen molar-refractivity contribution in [1.82, 2.24) is 4.98 Å². The van der Waals surface area contributed by atoms with Gasteiger partial charge in [0.1, 0.15) is 5.82 Å². The quantitative estimate of drug-likeness (QED) is 0.856. The molecule has 0 aliphatic carbocycles. The number of amides is 1. The van der Waals surface area contributed by atoms with Crippen LogP contribution in [0.1, 0.15) is 9.67 Å². The molecule has 2 heterocycles. The lowest BCUT2D eigenvalue weighted by atomic mass is 10.3. The van der Waals surface area contributed by atoms with Crippen molar-refractivity contribution in [3.63, 3.8) is 0 Å². The normalized spacial score (nSPS) is 9.81. The van der Waals surface area contributed by atoms with Gasteiger partial charge in [-0.3, -0.25) is 4.79 Å². The maximum atomic E-state index is 11.7. The van der Waals surface area contributed by atoms with E-state index >= 15 is 0 Å². The highest BCUT2D eigenvalue weighted by Gasteiger charge is 2.06. The van der Waals surface area contributed by atoms with Crippen molar-refractivity contribution < 1.29 is 4.79 Å². The molecule has 0 spiro atoms. The van der Waals surface area contributed by atoms with Gasteiger partial charge >= 0.3 is 0 Å². The van der Waals surface area contributed by atoms with Gasteiger partial charge in [0.05, 0.1) is 16.8 Å². The summed E-state index contributed by atoms with van der Waals surface area (Å²) in [5.41, 5.74) is 0.692. The van der Waals surface area contributed by atoms with Crippen LogP contribution in [-0.4, -0.2) is 17.9 Å². The second-order valence-corrected chi connectivity index (χ2v) is 4.06. The van der Waals surface area contributed by atoms with Crippen LogP contribution in [0.3, 0.4) is 0 Å². The van der Waals surface area contributed by atoms with Crippen LogP contribution in [0.4, 0.5) is 11.5 Å². The van der Waals surface area contributed by atoms with Crippen LogP contribution in [0.25, 0.3) is 0 Å². The molecule has 0 atom stereocenters. The third kappa shape index (κ3) is 2.38. The highest BCUT2D eigenvalue weighted by molar-refractivity contribution is 7.12. The van der Waals surface area contributed by atoms with Crippen molar-refractivity contribution in [3.05, 3.63) is 40.7 Å². The average Bonchev–Trinajstić information content (AvgIpc) is 2.83. The van der Waals surface area contributed by atoms with Crippen molar-refractivity contribution in [2.24, 2.45) is 0 Å². The lowest BCUT2D eigenvalue weighted by molar-refractivity contribution is 0.103. The van der Waals surface area contributed by atoms with Gasteiger partial charge < -0.3 is 10.6 Å². The second-order valence-electron chi connectivity index (χ2n) is 3.11. The third-order valence-electron chi connectivity index (χ3n) is 2.02. The Morgan fingerprint density at radius 2 is 2.25 bits per heavy atom. The molecule has 0 aliphatic rings. The average molecular weight is 233 g/mol. The SMILES string of the molecule is CNc1ccc(NC(=O)c2cccs2)cn1. The topological polar surface area (TPSA) is 54.0 Å². The van der Waals surface area contributed by atoms with Crippen molar-refractivity contribution in [2.75, 3.05) is 17.7 Å². The third-order valence-corrected chi connectivity index (χ3v) is 2.89. The lowest BCUT2D eigenvalue weighted by Crippen LogP contribution is -2.10. The Morgan fingerprint density at radius 3 is 2.81 bits per heavy atom. The molecule has 2 rings (SSSR count). The summed E-state index contributed by atoms with van der Waals surface area (Å²) in [6.45, 7) is 0. The first-order valence-corrected chi connectivity index (χ1v) is 5.66. The van der Waals surface area contributed by atoms with Crippen LogP contribution in [0.15, 0.2) is 35.8 Å². The molecular weight excluding hydrogens is 222 g/mol. The molecule has 0 bridgehead atoms. The molecule has 2 aromatic heterocycles. The summed E-state index contributed by atoms with van der Waals surface area (Å²) in [5.74, 6) is 0.670. The molecular formula is C11H11N3OS. The maximum Gasteiger partial charge on any atom is 0.265 e. The van der Waals surface area contributed by atoms with Gasteiger partial charge in [-0.05, 0) is 23.6 Å². The number of hydrogen-bond donors (Lipinski definition) is 2. The Morgan fingerprint density at radius 1 is 1.38 bits per heavy atom. The number of carbonyl (C=O) groups excluding carboxylic acids is 1. The van der Waals surface area contributed by atoms with Crippen LogP contribution in [-0.2, 0) is 0 Å². The minimum atomic E-state index is -0.103. The number of carbonyl (C=O) groups is 1. The minimum absolute atomic E-state index is 0.103. The highest BCUT2D eigenvalue weighted by Crippen LogP contribution is 2.13. The fourth-order valence-electron chi connectivity index (χ4n) is 1.22. The Balaban J connectivity index is 2.06. The van der Waals surface area contributed by atoms with E-state index < -0.39 is 0 Å². The van der Waals surface area contributed by atoms with Crippen LogP contribution in [0.5, 0.6) is 0 Å². The Kier molecular flexibility index (Phi) is 3.16.